The maximum absolute atomic E-state index is 13.6. The summed E-state index contributed by atoms with van der Waals surface area (Å²) in [6, 6.07) is 10.4. The van der Waals surface area contributed by atoms with Crippen molar-refractivity contribution in [3.05, 3.63) is 57.3 Å². The first-order chi connectivity index (χ1) is 20.9. The van der Waals surface area contributed by atoms with Gasteiger partial charge in [-0.15, -0.1) is 11.3 Å². The molecule has 2 N–H and O–H groups in total. The summed E-state index contributed by atoms with van der Waals surface area (Å²) in [5.74, 6) is -0.578. The van der Waals surface area contributed by atoms with Crippen molar-refractivity contribution in [2.45, 2.75) is 66.1 Å². The molecule has 0 aliphatic carbocycles. The first kappa shape index (κ1) is 31.8. The molecule has 0 radical (unpaired) electrons. The highest BCUT2D eigenvalue weighted by Gasteiger charge is 2.36. The van der Waals surface area contributed by atoms with Gasteiger partial charge < -0.3 is 19.5 Å². The Bertz CT molecular complexity index is 1610. The van der Waals surface area contributed by atoms with Gasteiger partial charge in [-0.05, 0) is 48.1 Å². The molecular weight excluding hydrogens is 586 g/mol. The average molecular weight is 625 g/mol. The largest absolute Gasteiger partial charge is 0.379 e. The fraction of sp³-hybridized carbons (Fsp3) is 0.500. The first-order valence-corrected chi connectivity index (χ1v) is 15.6. The molecule has 1 atom stereocenters. The Morgan fingerprint density at radius 1 is 1.27 bits per heavy atom. The van der Waals surface area contributed by atoms with Crippen LogP contribution in [0.5, 0.6) is 0 Å². The normalized spacial score (nSPS) is 18.5. The van der Waals surface area contributed by atoms with Crippen molar-refractivity contribution >= 4 is 40.1 Å². The van der Waals surface area contributed by atoms with Crippen molar-refractivity contribution in [2.75, 3.05) is 31.6 Å². The number of thiophene rings is 1. The van der Waals surface area contributed by atoms with Crippen molar-refractivity contribution in [3.8, 4) is 6.07 Å². The highest BCUT2D eigenvalue weighted by molar-refractivity contribution is 7.14. The fourth-order valence-electron chi connectivity index (χ4n) is 5.56. The van der Waals surface area contributed by atoms with Gasteiger partial charge in [0.25, 0.3) is 18.2 Å². The summed E-state index contributed by atoms with van der Waals surface area (Å²) in [7, 11) is 0. The number of halogens is 2. The van der Waals surface area contributed by atoms with Crippen LogP contribution < -0.4 is 10.6 Å². The minimum atomic E-state index is -2.66. The number of nitrogens with one attached hydrogen (secondary N) is 2. The van der Waals surface area contributed by atoms with E-state index in [0.29, 0.717) is 38.4 Å². The lowest BCUT2D eigenvalue weighted by Gasteiger charge is -2.35. The van der Waals surface area contributed by atoms with Crippen LogP contribution in [0.15, 0.2) is 42.0 Å². The number of benzene rings is 1. The third kappa shape index (κ3) is 7.17. The number of fused-ring (bicyclic) bond motifs is 1. The maximum atomic E-state index is 13.6. The van der Waals surface area contributed by atoms with Gasteiger partial charge in [0, 0.05) is 31.6 Å². The van der Waals surface area contributed by atoms with Gasteiger partial charge in [-0.25, -0.2) is 13.8 Å². The smallest absolute Gasteiger partial charge is 0.272 e. The van der Waals surface area contributed by atoms with Crippen LogP contribution in [-0.2, 0) is 22.6 Å². The summed E-state index contributed by atoms with van der Waals surface area (Å²) < 4.78 is 33.5. The summed E-state index contributed by atoms with van der Waals surface area (Å²) in [6.45, 7) is 11.7. The number of anilines is 1. The molecule has 2 aliphatic heterocycles. The van der Waals surface area contributed by atoms with Crippen LogP contribution in [-0.4, -0.2) is 58.6 Å². The number of nitriles is 1. The van der Waals surface area contributed by atoms with Crippen LogP contribution in [0.25, 0.3) is 11.0 Å². The topological polar surface area (TPSA) is 112 Å². The molecule has 4 heterocycles. The third-order valence-corrected chi connectivity index (χ3v) is 8.92. The minimum absolute atomic E-state index is 0.103. The molecule has 0 bridgehead atoms. The van der Waals surface area contributed by atoms with Crippen molar-refractivity contribution in [1.29, 1.82) is 5.26 Å². The van der Waals surface area contributed by atoms with Gasteiger partial charge in [-0.2, -0.15) is 5.26 Å². The summed E-state index contributed by atoms with van der Waals surface area (Å²) in [4.78, 5) is 33.2. The number of hydrogen-bond acceptors (Lipinski definition) is 7. The predicted octanol–water partition coefficient (Wildman–Crippen LogP) is 5.90. The molecule has 0 saturated carbocycles. The number of aromatic nitrogens is 2. The van der Waals surface area contributed by atoms with Gasteiger partial charge in [-0.1, -0.05) is 39.8 Å². The standard InChI is InChI=1S/C32H38F2N6O3S/c1-31(2,3)17-36-15-20-7-8-24-23(12-20)37-30(38-28(41)26-10-9-25(44-26)27(33)34)40(24)16-22-6-5-11-39(22)29(42)21(14-35)13-32(4)18-43-19-32/h7-10,12-13,22,27,36H,5-6,11,15-19H2,1-4H3,(H,37,38,41)/t22-/m1/s1. The highest BCUT2D eigenvalue weighted by atomic mass is 32.1. The Morgan fingerprint density at radius 3 is 2.68 bits per heavy atom. The number of carbonyl (C=O) groups is 2. The van der Waals surface area contributed by atoms with E-state index in [9.17, 15) is 23.6 Å². The second kappa shape index (κ2) is 12.8. The lowest BCUT2D eigenvalue weighted by atomic mass is 9.86. The van der Waals surface area contributed by atoms with E-state index in [-0.39, 0.29) is 44.1 Å². The van der Waals surface area contributed by atoms with Gasteiger partial charge in [0.1, 0.15) is 11.6 Å². The van der Waals surface area contributed by atoms with E-state index in [4.69, 9.17) is 9.72 Å². The summed E-state index contributed by atoms with van der Waals surface area (Å²) in [5, 5.41) is 16.1. The fourth-order valence-corrected chi connectivity index (χ4v) is 6.32. The number of likely N-dealkylation sites (tertiary alicyclic amines) is 1. The number of hydrogen-bond donors (Lipinski definition) is 2. The van der Waals surface area contributed by atoms with Gasteiger partial charge in [0.2, 0.25) is 5.95 Å². The van der Waals surface area contributed by atoms with Gasteiger partial charge in [0.15, 0.2) is 0 Å². The van der Waals surface area contributed by atoms with Crippen LogP contribution in [0.3, 0.4) is 0 Å². The quantitative estimate of drug-likeness (QED) is 0.215. The summed E-state index contributed by atoms with van der Waals surface area (Å²) >= 11 is 0.742. The van der Waals surface area contributed by atoms with Crippen molar-refractivity contribution < 1.29 is 23.1 Å². The number of carbonyl (C=O) groups excluding carboxylic acids is 2. The molecular formula is C32H38F2N6O3S. The van der Waals surface area contributed by atoms with Crippen LogP contribution in [0.2, 0.25) is 0 Å². The minimum Gasteiger partial charge on any atom is -0.379 e. The average Bonchev–Trinajstić information content (AvgIpc) is 3.69. The monoisotopic (exact) mass is 624 g/mol. The van der Waals surface area contributed by atoms with Crippen molar-refractivity contribution in [1.82, 2.24) is 19.8 Å². The molecule has 2 saturated heterocycles. The Hall–Kier alpha value is -3.66. The van der Waals surface area contributed by atoms with E-state index in [1.54, 1.807) is 11.0 Å². The summed E-state index contributed by atoms with van der Waals surface area (Å²) in [6.07, 6.45) is 0.555. The number of amides is 2. The highest BCUT2D eigenvalue weighted by Crippen LogP contribution is 2.32. The van der Waals surface area contributed by atoms with E-state index >= 15 is 0 Å². The van der Waals surface area contributed by atoms with Crippen LogP contribution in [0.1, 0.15) is 67.1 Å². The molecule has 2 amide bonds. The maximum Gasteiger partial charge on any atom is 0.272 e. The second-order valence-corrected chi connectivity index (χ2v) is 14.2. The van der Waals surface area contributed by atoms with E-state index in [2.05, 4.69) is 37.5 Å². The predicted molar refractivity (Wildman–Crippen MR) is 165 cm³/mol. The molecule has 2 aliphatic rings. The lowest BCUT2D eigenvalue weighted by Crippen LogP contribution is -2.41. The SMILES string of the molecule is CC(C)(C)CNCc1ccc2c(c1)nc(NC(=O)c1ccc(C(F)F)s1)n2C[C@H]1CCCN1C(=O)C(C#N)=CC1(C)COC1. The Kier molecular flexibility index (Phi) is 9.20. The zero-order valence-corrected chi connectivity index (χ0v) is 26.3. The number of ether oxygens (including phenoxy) is 1. The molecule has 0 unspecified atom stereocenters. The van der Waals surface area contributed by atoms with Gasteiger partial charge in [0.05, 0.1) is 40.0 Å². The number of alkyl halides is 2. The molecule has 2 aromatic heterocycles. The Balaban J connectivity index is 1.43. The molecule has 9 nitrogen and oxygen atoms in total. The van der Waals surface area contributed by atoms with E-state index in [0.717, 1.165) is 41.8 Å². The van der Waals surface area contributed by atoms with Crippen LogP contribution >= 0.6 is 11.3 Å². The molecule has 2 fully saturated rings. The molecule has 12 heteroatoms. The second-order valence-electron chi connectivity index (χ2n) is 13.1. The van der Waals surface area contributed by atoms with Gasteiger partial charge >= 0.3 is 0 Å². The number of rotatable bonds is 10. The summed E-state index contributed by atoms with van der Waals surface area (Å²) in [5.41, 5.74) is 2.36. The molecule has 3 aromatic rings. The van der Waals surface area contributed by atoms with E-state index in [1.807, 2.05) is 29.7 Å². The molecule has 5 rings (SSSR count). The Labute approximate surface area is 259 Å². The molecule has 0 spiro atoms. The molecule has 1 aromatic carbocycles. The van der Waals surface area contributed by atoms with E-state index in [1.165, 1.54) is 12.1 Å². The van der Waals surface area contributed by atoms with Crippen LogP contribution in [0, 0.1) is 22.2 Å². The van der Waals surface area contributed by atoms with Gasteiger partial charge in [-0.3, -0.25) is 14.9 Å². The van der Waals surface area contributed by atoms with Crippen molar-refractivity contribution in [2.24, 2.45) is 10.8 Å². The number of imidazole rings is 1. The number of nitrogens with zero attached hydrogens (tertiary/aromatic N) is 4. The molecule has 44 heavy (non-hydrogen) atoms. The zero-order valence-electron chi connectivity index (χ0n) is 25.5. The third-order valence-electron chi connectivity index (χ3n) is 7.83. The Morgan fingerprint density at radius 2 is 2.05 bits per heavy atom. The van der Waals surface area contributed by atoms with Crippen LogP contribution in [0.4, 0.5) is 14.7 Å². The first-order valence-electron chi connectivity index (χ1n) is 14.8. The lowest BCUT2D eigenvalue weighted by molar-refractivity contribution is -0.128. The molecule has 234 valence electrons. The van der Waals surface area contributed by atoms with Crippen molar-refractivity contribution in [3.63, 3.8) is 0 Å². The van der Waals surface area contributed by atoms with E-state index < -0.39 is 12.3 Å². The zero-order chi connectivity index (χ0) is 31.6.